The zero-order valence-electron chi connectivity index (χ0n) is 22.4. The van der Waals surface area contributed by atoms with Crippen molar-refractivity contribution in [2.75, 3.05) is 0 Å². The molecule has 2 N–H and O–H groups in total. The zero-order valence-corrected chi connectivity index (χ0v) is 18.4. The summed E-state index contributed by atoms with van der Waals surface area (Å²) in [5, 5.41) is 36.1. The smallest absolute Gasteiger partial charge is 0.231 e. The number of rotatable bonds is 8. The lowest BCUT2D eigenvalue weighted by Crippen LogP contribution is -2.36. The maximum atomic E-state index is 12.1. The lowest BCUT2D eigenvalue weighted by molar-refractivity contribution is -0.719. The molecule has 0 spiro atoms. The summed E-state index contributed by atoms with van der Waals surface area (Å²) in [6.45, 7) is 4.39. The quantitative estimate of drug-likeness (QED) is 0.380. The van der Waals surface area contributed by atoms with E-state index in [4.69, 9.17) is 5.48 Å². The minimum Gasteiger partial charge on any atom is -0.543 e. The first kappa shape index (κ1) is 17.6. The number of aromatic amines is 1. The van der Waals surface area contributed by atoms with E-state index in [2.05, 4.69) is 25.8 Å². The van der Waals surface area contributed by atoms with Gasteiger partial charge in [0, 0.05) is 18.5 Å². The molecule has 0 unspecified atom stereocenters. The molecule has 4 aromatic rings. The maximum absolute atomic E-state index is 12.1. The highest BCUT2D eigenvalue weighted by atomic mass is 16.4. The number of hydrogen-bond donors (Lipinski definition) is 2. The number of carbonyl (C=O) groups is 1. The number of benzene rings is 2. The molecule has 0 saturated heterocycles. The molecular formula is C23H25N7O3. The Morgan fingerprint density at radius 1 is 1.27 bits per heavy atom. The lowest BCUT2D eigenvalue weighted by Gasteiger charge is -2.19. The number of aromatic carboxylic acids is 1. The van der Waals surface area contributed by atoms with Gasteiger partial charge in [0.1, 0.15) is 16.6 Å². The summed E-state index contributed by atoms with van der Waals surface area (Å²) in [5.74, 6) is -1.23. The average molecular weight is 452 g/mol. The molecule has 170 valence electrons. The predicted octanol–water partition coefficient (Wildman–Crippen LogP) is 0.932. The van der Waals surface area contributed by atoms with Crippen LogP contribution >= 0.6 is 0 Å². The van der Waals surface area contributed by atoms with Gasteiger partial charge in [-0.2, -0.15) is 0 Å². The summed E-state index contributed by atoms with van der Waals surface area (Å²) in [4.78, 5) is 17.7. The molecule has 2 aromatic carbocycles. The molecule has 10 heteroatoms. The van der Waals surface area contributed by atoms with E-state index in [1.54, 1.807) is 24.3 Å². The summed E-state index contributed by atoms with van der Waals surface area (Å²) in [5.41, 5.74) is -1.25. The van der Waals surface area contributed by atoms with Crippen molar-refractivity contribution in [1.82, 2.24) is 30.4 Å². The van der Waals surface area contributed by atoms with Crippen LogP contribution in [-0.4, -0.2) is 41.5 Å². The van der Waals surface area contributed by atoms with E-state index < -0.39 is 11.6 Å². The number of para-hydroxylation sites is 1. The van der Waals surface area contributed by atoms with Crippen LogP contribution in [0.2, 0.25) is 0 Å². The summed E-state index contributed by atoms with van der Waals surface area (Å²) >= 11 is 0. The Hall–Kier alpha value is -3.92. The second kappa shape index (κ2) is 8.91. The molecule has 2 aromatic heterocycles. The first-order chi connectivity index (χ1) is 17.5. The summed E-state index contributed by atoms with van der Waals surface area (Å²) < 4.78 is 36.1. The molecule has 0 bridgehead atoms. The minimum atomic E-state index is -1.58. The van der Waals surface area contributed by atoms with E-state index in [-0.39, 0.29) is 53.2 Å². The standard InChI is InChI=1S/C23H25N7O3/c1-4-7-19-24-21(23(2,3)33)20(22(31)32)29(19)14-15-10-12-16(13-11-15)17-8-5-6-9-18(17)30-27-25-26-28-30/h5-6,8-13,33H,4,7,14H2,1-3H3,(H,31,32)/i10D,11D,12D,13D. The third-order valence-electron chi connectivity index (χ3n) is 5.00. The van der Waals surface area contributed by atoms with E-state index >= 15 is 0 Å². The van der Waals surface area contributed by atoms with E-state index in [1.807, 2.05) is 6.92 Å². The number of carboxylic acids is 1. The molecule has 0 aliphatic heterocycles. The molecule has 33 heavy (non-hydrogen) atoms. The van der Waals surface area contributed by atoms with Crippen LogP contribution in [-0.2, 0) is 18.6 Å². The normalized spacial score (nSPS) is 13.3. The maximum Gasteiger partial charge on any atom is 0.231 e. The molecule has 0 saturated carbocycles. The van der Waals surface area contributed by atoms with Crippen LogP contribution < -0.4 is 9.90 Å². The highest BCUT2D eigenvalue weighted by Gasteiger charge is 2.28. The zero-order chi connectivity index (χ0) is 27.1. The second-order valence-corrected chi connectivity index (χ2v) is 7.97. The van der Waals surface area contributed by atoms with Crippen LogP contribution in [0.3, 0.4) is 0 Å². The topological polar surface area (TPSA) is 137 Å². The van der Waals surface area contributed by atoms with Gasteiger partial charge >= 0.3 is 0 Å². The van der Waals surface area contributed by atoms with Gasteiger partial charge in [0.15, 0.2) is 5.69 Å². The van der Waals surface area contributed by atoms with Crippen molar-refractivity contribution >= 4 is 5.97 Å². The lowest BCUT2D eigenvalue weighted by atomic mass is 10.0. The van der Waals surface area contributed by atoms with E-state index in [0.717, 1.165) is 0 Å². The largest absolute Gasteiger partial charge is 0.543 e. The second-order valence-electron chi connectivity index (χ2n) is 7.97. The molecule has 0 fully saturated rings. The number of aliphatic hydroxyl groups is 1. The number of aromatic nitrogens is 7. The SMILES string of the molecule is [2H]c1c([2H])c(-c2ccccc2-[n+]2nnn[nH]2)c([2H])c([2H])c1Cn1c(CCC)nc(C(C)(C)O)c1C(=O)[O-]. The summed E-state index contributed by atoms with van der Waals surface area (Å²) in [7, 11) is 0. The number of nitrogens with zero attached hydrogens (tertiary/aromatic N) is 6. The fourth-order valence-corrected chi connectivity index (χ4v) is 3.54. The Morgan fingerprint density at radius 3 is 2.61 bits per heavy atom. The molecule has 0 amide bonds. The van der Waals surface area contributed by atoms with Gasteiger partial charge in [0.2, 0.25) is 10.4 Å². The first-order valence-corrected chi connectivity index (χ1v) is 10.4. The molecule has 4 rings (SSSR count). The Balaban J connectivity index is 1.92. The third-order valence-corrected chi connectivity index (χ3v) is 5.00. The number of nitrogens with one attached hydrogen (secondary N) is 1. The van der Waals surface area contributed by atoms with Crippen molar-refractivity contribution in [3.8, 4) is 16.8 Å². The van der Waals surface area contributed by atoms with Crippen molar-refractivity contribution in [2.24, 2.45) is 0 Å². The number of carbonyl (C=O) groups excluding carboxylic acids is 1. The Morgan fingerprint density at radius 2 is 2.00 bits per heavy atom. The first-order valence-electron chi connectivity index (χ1n) is 12.4. The van der Waals surface area contributed by atoms with Crippen LogP contribution in [0.5, 0.6) is 0 Å². The number of imidazole rings is 1. The fourth-order valence-electron chi connectivity index (χ4n) is 3.54. The van der Waals surface area contributed by atoms with Crippen molar-refractivity contribution in [3.05, 3.63) is 71.2 Å². The molecule has 0 aliphatic carbocycles. The number of hydrogen-bond acceptors (Lipinski definition) is 7. The van der Waals surface area contributed by atoms with Gasteiger partial charge in [-0.15, -0.1) is 0 Å². The molecule has 0 radical (unpaired) electrons. The van der Waals surface area contributed by atoms with E-state index in [0.29, 0.717) is 29.9 Å². The van der Waals surface area contributed by atoms with Crippen LogP contribution in [0.25, 0.3) is 16.8 Å². The molecule has 10 nitrogen and oxygen atoms in total. The predicted molar refractivity (Wildman–Crippen MR) is 116 cm³/mol. The average Bonchev–Trinajstić information content (AvgIpc) is 3.50. The van der Waals surface area contributed by atoms with Gasteiger partial charge in [0.05, 0.1) is 22.8 Å². The van der Waals surface area contributed by atoms with Crippen molar-refractivity contribution in [3.63, 3.8) is 0 Å². The van der Waals surface area contributed by atoms with Gasteiger partial charge in [-0.05, 0) is 47.5 Å². The van der Waals surface area contributed by atoms with Crippen molar-refractivity contribution in [2.45, 2.75) is 45.8 Å². The Bertz CT molecular complexity index is 1450. The van der Waals surface area contributed by atoms with Crippen molar-refractivity contribution < 1.29 is 25.3 Å². The van der Waals surface area contributed by atoms with Crippen molar-refractivity contribution in [1.29, 1.82) is 0 Å². The molecular weight excluding hydrogens is 422 g/mol. The molecule has 2 heterocycles. The highest BCUT2D eigenvalue weighted by molar-refractivity contribution is 5.86. The Kier molecular flexibility index (Phi) is 4.75. The molecule has 0 atom stereocenters. The number of aryl methyl sites for hydroxylation is 1. The number of H-pyrrole nitrogens is 1. The highest BCUT2D eigenvalue weighted by Crippen LogP contribution is 2.27. The summed E-state index contributed by atoms with van der Waals surface area (Å²) in [6.07, 6.45) is 0.986. The Labute approximate surface area is 196 Å². The summed E-state index contributed by atoms with van der Waals surface area (Å²) in [6, 6.07) is 5.40. The number of carboxylic acid groups (broad SMARTS) is 1. The van der Waals surface area contributed by atoms with Gasteiger partial charge < -0.3 is 19.6 Å². The van der Waals surface area contributed by atoms with Gasteiger partial charge in [0.25, 0.3) is 0 Å². The van der Waals surface area contributed by atoms with Crippen LogP contribution in [0.15, 0.2) is 48.4 Å². The molecule has 0 aliphatic rings. The van der Waals surface area contributed by atoms with E-state index in [1.165, 1.54) is 23.2 Å². The third kappa shape index (κ3) is 4.51. The van der Waals surface area contributed by atoms with Gasteiger partial charge in [-0.25, -0.2) is 4.98 Å². The van der Waals surface area contributed by atoms with Crippen LogP contribution in [0, 0.1) is 0 Å². The van der Waals surface area contributed by atoms with Gasteiger partial charge in [-0.3, -0.25) is 0 Å². The van der Waals surface area contributed by atoms with Crippen LogP contribution in [0.1, 0.15) is 60.2 Å². The van der Waals surface area contributed by atoms with Gasteiger partial charge in [-0.1, -0.05) is 49.3 Å². The fraction of sp³-hybridized carbons (Fsp3) is 0.304. The van der Waals surface area contributed by atoms with E-state index in [9.17, 15) is 15.0 Å². The van der Waals surface area contributed by atoms with Crippen LogP contribution in [0.4, 0.5) is 0 Å². The monoisotopic (exact) mass is 451 g/mol. The minimum absolute atomic E-state index is 0.0234.